The van der Waals surface area contributed by atoms with Gasteiger partial charge in [-0.2, -0.15) is 5.48 Å². The number of phenolic OH excluding ortho intramolecular Hbond substituents is 1. The maximum Gasteiger partial charge on any atom is 0.255 e. The van der Waals surface area contributed by atoms with Crippen molar-refractivity contribution in [3.63, 3.8) is 0 Å². The first kappa shape index (κ1) is 25.7. The van der Waals surface area contributed by atoms with Crippen molar-refractivity contribution in [1.29, 1.82) is 0 Å². The summed E-state index contributed by atoms with van der Waals surface area (Å²) in [6.45, 7) is 3.78. The Hall–Kier alpha value is -3.41. The predicted molar refractivity (Wildman–Crippen MR) is 129 cm³/mol. The minimum Gasteiger partial charge on any atom is -0.508 e. The number of nitrogens with zero attached hydrogens (tertiary/aromatic N) is 1. The standard InChI is InChI=1S/C25H31N3O8/c1-10(2)36-27-9-12-7-15(28(3)4)14-6-11-5-13-8-16(29)19(24(26)34)23(33)25(13,35)22(32)17(11)21(31)18(14)20(12)30/h7,10-11,13,27,30-31,33,35H,5-6,8-9H2,1-4H3,(H2,26,34). The summed E-state index contributed by atoms with van der Waals surface area (Å²) in [6.07, 6.45) is -0.140. The fourth-order valence-corrected chi connectivity index (χ4v) is 5.54. The van der Waals surface area contributed by atoms with Crippen molar-refractivity contribution >= 4 is 28.9 Å². The molecule has 194 valence electrons. The smallest absolute Gasteiger partial charge is 0.255 e. The highest BCUT2D eigenvalue weighted by molar-refractivity contribution is 6.22. The molecule has 0 aromatic heterocycles. The third-order valence-electron chi connectivity index (χ3n) is 7.18. The molecule has 1 aromatic rings. The number of aromatic hydroxyl groups is 1. The number of amides is 1. The van der Waals surface area contributed by atoms with Gasteiger partial charge >= 0.3 is 0 Å². The average Bonchev–Trinajstić information content (AvgIpc) is 2.77. The van der Waals surface area contributed by atoms with Gasteiger partial charge in [0.2, 0.25) is 5.78 Å². The van der Waals surface area contributed by atoms with Crippen LogP contribution in [0.25, 0.3) is 5.76 Å². The molecule has 7 N–H and O–H groups in total. The third-order valence-corrected chi connectivity index (χ3v) is 7.18. The normalized spacial score (nSPS) is 25.6. The zero-order chi connectivity index (χ0) is 26.7. The van der Waals surface area contributed by atoms with E-state index in [1.807, 2.05) is 32.8 Å². The van der Waals surface area contributed by atoms with Crippen molar-refractivity contribution in [2.45, 2.75) is 51.4 Å². The Bertz CT molecular complexity index is 1230. The van der Waals surface area contributed by atoms with E-state index in [0.717, 1.165) is 0 Å². The zero-order valence-electron chi connectivity index (χ0n) is 20.6. The monoisotopic (exact) mass is 501 g/mol. The molecule has 4 rings (SSSR count). The minimum atomic E-state index is -2.58. The number of ketones is 2. The molecule has 0 spiro atoms. The Labute approximate surface area is 207 Å². The summed E-state index contributed by atoms with van der Waals surface area (Å²) in [7, 11) is 3.62. The number of hydrogen-bond donors (Lipinski definition) is 6. The summed E-state index contributed by atoms with van der Waals surface area (Å²) in [5.74, 6) is -6.47. The lowest BCUT2D eigenvalue weighted by Crippen LogP contribution is -2.58. The molecule has 11 heteroatoms. The Morgan fingerprint density at radius 1 is 1.25 bits per heavy atom. The highest BCUT2D eigenvalue weighted by atomic mass is 16.7. The second-order valence-electron chi connectivity index (χ2n) is 10.0. The topological polar surface area (TPSA) is 183 Å². The van der Waals surface area contributed by atoms with E-state index >= 15 is 0 Å². The van der Waals surface area contributed by atoms with Gasteiger partial charge in [0, 0.05) is 49.8 Å². The molecule has 1 amide bonds. The van der Waals surface area contributed by atoms with E-state index in [2.05, 4.69) is 5.48 Å². The van der Waals surface area contributed by atoms with Gasteiger partial charge in [-0.15, -0.1) is 0 Å². The highest BCUT2D eigenvalue weighted by Crippen LogP contribution is 2.53. The van der Waals surface area contributed by atoms with Crippen LogP contribution in [0.3, 0.4) is 0 Å². The van der Waals surface area contributed by atoms with Gasteiger partial charge in [0.05, 0.1) is 11.7 Å². The average molecular weight is 502 g/mol. The first-order valence-electron chi connectivity index (χ1n) is 11.7. The fourth-order valence-electron chi connectivity index (χ4n) is 5.54. The Balaban J connectivity index is 1.88. The van der Waals surface area contributed by atoms with Crippen LogP contribution in [-0.2, 0) is 32.2 Å². The van der Waals surface area contributed by atoms with Gasteiger partial charge in [-0.3, -0.25) is 19.2 Å². The maximum absolute atomic E-state index is 13.6. The van der Waals surface area contributed by atoms with E-state index in [0.29, 0.717) is 16.8 Å². The van der Waals surface area contributed by atoms with E-state index in [-0.39, 0.29) is 48.8 Å². The number of fused-ring (bicyclic) bond motifs is 3. The van der Waals surface area contributed by atoms with Gasteiger partial charge in [-0.05, 0) is 44.2 Å². The molecule has 0 saturated heterocycles. The molecular weight excluding hydrogens is 470 g/mol. The molecule has 1 saturated carbocycles. The van der Waals surface area contributed by atoms with Crippen LogP contribution in [0, 0.1) is 11.8 Å². The number of aliphatic hydroxyl groups is 3. The first-order valence-corrected chi connectivity index (χ1v) is 11.7. The molecule has 1 fully saturated rings. The number of phenols is 1. The number of aliphatic hydroxyl groups excluding tert-OH is 2. The van der Waals surface area contributed by atoms with E-state index < -0.39 is 52.0 Å². The largest absolute Gasteiger partial charge is 0.508 e. The predicted octanol–water partition coefficient (Wildman–Crippen LogP) is 0.920. The number of rotatable bonds is 6. The van der Waals surface area contributed by atoms with Gasteiger partial charge < -0.3 is 31.1 Å². The molecule has 3 unspecified atom stereocenters. The highest BCUT2D eigenvalue weighted by Gasteiger charge is 2.60. The van der Waals surface area contributed by atoms with Gasteiger partial charge in [-0.25, -0.2) is 0 Å². The van der Waals surface area contributed by atoms with Crippen molar-refractivity contribution in [3.8, 4) is 5.75 Å². The molecule has 0 bridgehead atoms. The zero-order valence-corrected chi connectivity index (χ0v) is 20.6. The molecule has 3 aliphatic carbocycles. The van der Waals surface area contributed by atoms with E-state index in [1.54, 1.807) is 6.07 Å². The lowest BCUT2D eigenvalue weighted by Gasteiger charge is -2.46. The first-order chi connectivity index (χ1) is 16.8. The molecule has 11 nitrogen and oxygen atoms in total. The number of benzene rings is 1. The molecule has 36 heavy (non-hydrogen) atoms. The lowest BCUT2D eigenvalue weighted by molar-refractivity contribution is -0.147. The second kappa shape index (κ2) is 8.91. The molecular formula is C25H31N3O8. The van der Waals surface area contributed by atoms with E-state index in [1.165, 1.54) is 0 Å². The third kappa shape index (κ3) is 3.74. The van der Waals surface area contributed by atoms with Crippen LogP contribution in [0.1, 0.15) is 43.4 Å². The van der Waals surface area contributed by atoms with Crippen molar-refractivity contribution in [2.75, 3.05) is 19.0 Å². The Morgan fingerprint density at radius 2 is 1.92 bits per heavy atom. The van der Waals surface area contributed by atoms with Gasteiger partial charge in [0.15, 0.2) is 11.4 Å². The number of nitrogens with two attached hydrogens (primary N) is 1. The van der Waals surface area contributed by atoms with Gasteiger partial charge in [-0.1, -0.05) is 0 Å². The molecule has 0 aliphatic heterocycles. The van der Waals surface area contributed by atoms with Crippen LogP contribution in [0.4, 0.5) is 5.69 Å². The number of primary amides is 1. The van der Waals surface area contributed by atoms with Crippen LogP contribution in [0.2, 0.25) is 0 Å². The summed E-state index contributed by atoms with van der Waals surface area (Å²) >= 11 is 0. The lowest BCUT2D eigenvalue weighted by atomic mass is 9.59. The Morgan fingerprint density at radius 3 is 2.50 bits per heavy atom. The summed E-state index contributed by atoms with van der Waals surface area (Å²) in [5.41, 5.74) is 6.19. The van der Waals surface area contributed by atoms with Crippen molar-refractivity contribution in [3.05, 3.63) is 39.7 Å². The van der Waals surface area contributed by atoms with Crippen molar-refractivity contribution < 1.29 is 39.6 Å². The number of carbonyl (C=O) groups excluding carboxylic acids is 3. The van der Waals surface area contributed by atoms with E-state index in [4.69, 9.17) is 10.6 Å². The van der Waals surface area contributed by atoms with Crippen LogP contribution in [0.5, 0.6) is 5.75 Å². The SMILES string of the molecule is CC(C)ONCc1cc(N(C)C)c2c(c1O)C(O)=C1C(=O)C3(O)C(O)=C(C(N)=O)C(=O)CC3CC1C2. The number of Topliss-reactive ketones (excluding diaryl/α,β-unsaturated/α-hetero) is 2. The van der Waals surface area contributed by atoms with Crippen molar-refractivity contribution in [2.24, 2.45) is 17.6 Å². The summed E-state index contributed by atoms with van der Waals surface area (Å²) < 4.78 is 0. The van der Waals surface area contributed by atoms with Crippen LogP contribution in [-0.4, -0.2) is 63.7 Å². The molecule has 0 radical (unpaired) electrons. The number of hydrogen-bond acceptors (Lipinski definition) is 10. The van der Waals surface area contributed by atoms with Gasteiger partial charge in [0.25, 0.3) is 5.91 Å². The maximum atomic E-state index is 13.6. The Kier molecular flexibility index (Phi) is 6.36. The summed E-state index contributed by atoms with van der Waals surface area (Å²) in [5, 5.41) is 44.4. The summed E-state index contributed by atoms with van der Waals surface area (Å²) in [4.78, 5) is 45.1. The number of anilines is 1. The second-order valence-corrected chi connectivity index (χ2v) is 10.0. The van der Waals surface area contributed by atoms with Crippen molar-refractivity contribution in [1.82, 2.24) is 5.48 Å². The molecule has 1 aromatic carbocycles. The number of carbonyl (C=O) groups is 3. The fraction of sp³-hybridized carbons (Fsp3) is 0.480. The quantitative estimate of drug-likeness (QED) is 0.242. The van der Waals surface area contributed by atoms with Crippen LogP contribution < -0.4 is 16.1 Å². The molecule has 3 atom stereocenters. The van der Waals surface area contributed by atoms with Crippen LogP contribution >= 0.6 is 0 Å². The minimum absolute atomic E-state index is 0.0506. The number of nitrogens with one attached hydrogen (secondary N) is 1. The van der Waals surface area contributed by atoms with Gasteiger partial charge in [0.1, 0.15) is 22.8 Å². The number of hydroxylamine groups is 1. The molecule has 3 aliphatic rings. The van der Waals surface area contributed by atoms with E-state index in [9.17, 15) is 34.8 Å². The molecule has 0 heterocycles. The summed E-state index contributed by atoms with van der Waals surface area (Å²) in [6, 6.07) is 1.77. The van der Waals surface area contributed by atoms with Crippen LogP contribution in [0.15, 0.2) is 23.0 Å².